The molecule has 2 saturated carbocycles. The van der Waals surface area contributed by atoms with Crippen molar-refractivity contribution in [3.63, 3.8) is 0 Å². The van der Waals surface area contributed by atoms with Gasteiger partial charge in [0.15, 0.2) is 5.82 Å². The number of anilines is 1. The first-order chi connectivity index (χ1) is 15.0. The molecule has 2 aromatic heterocycles. The minimum Gasteiger partial charge on any atom is -0.369 e. The number of halogens is 1. The van der Waals surface area contributed by atoms with E-state index in [9.17, 15) is 14.0 Å². The number of nitrogens with zero attached hydrogens (tertiary/aromatic N) is 5. The molecule has 1 aromatic carbocycles. The van der Waals surface area contributed by atoms with Gasteiger partial charge in [-0.05, 0) is 55.5 Å². The number of benzene rings is 1. The third-order valence-corrected chi connectivity index (χ3v) is 6.40. The van der Waals surface area contributed by atoms with Crippen molar-refractivity contribution in [2.24, 2.45) is 5.73 Å². The number of fused-ring (bicyclic) bond motifs is 1. The van der Waals surface area contributed by atoms with Crippen molar-refractivity contribution in [3.8, 4) is 11.5 Å². The van der Waals surface area contributed by atoms with E-state index in [4.69, 9.17) is 5.73 Å². The highest BCUT2D eigenvalue weighted by molar-refractivity contribution is 6.10. The molecule has 0 unspecified atom stereocenters. The molecule has 2 N–H and O–H groups in total. The van der Waals surface area contributed by atoms with Crippen molar-refractivity contribution >= 4 is 17.6 Å². The highest BCUT2D eigenvalue weighted by Gasteiger charge is 2.52. The molecule has 2 fully saturated rings. The van der Waals surface area contributed by atoms with Crippen molar-refractivity contribution in [3.05, 3.63) is 59.2 Å². The summed E-state index contributed by atoms with van der Waals surface area (Å²) in [5, 5.41) is 4.49. The fourth-order valence-electron chi connectivity index (χ4n) is 4.26. The lowest BCUT2D eigenvalue weighted by atomic mass is 9.91. The number of carbonyl (C=O) groups is 2. The van der Waals surface area contributed by atoms with Crippen LogP contribution in [0.1, 0.15) is 53.2 Å². The molecule has 3 aliphatic rings. The van der Waals surface area contributed by atoms with Crippen LogP contribution in [0, 0.1) is 5.82 Å². The molecule has 0 bridgehead atoms. The Hall–Kier alpha value is -3.62. The summed E-state index contributed by atoms with van der Waals surface area (Å²) in [5.41, 5.74) is 6.24. The van der Waals surface area contributed by atoms with E-state index in [1.807, 2.05) is 4.68 Å². The Bertz CT molecular complexity index is 1260. The van der Waals surface area contributed by atoms with E-state index in [1.165, 1.54) is 17.0 Å². The van der Waals surface area contributed by atoms with Crippen LogP contribution in [0.3, 0.4) is 0 Å². The Labute approximate surface area is 176 Å². The third-order valence-electron chi connectivity index (χ3n) is 6.40. The number of hydrogen-bond donors (Lipinski definition) is 1. The number of rotatable bonds is 5. The molecule has 0 saturated heterocycles. The van der Waals surface area contributed by atoms with Crippen molar-refractivity contribution in [2.75, 3.05) is 4.90 Å². The van der Waals surface area contributed by atoms with E-state index in [1.54, 1.807) is 24.5 Å². The van der Waals surface area contributed by atoms with E-state index < -0.39 is 17.1 Å². The highest BCUT2D eigenvalue weighted by atomic mass is 19.1. The van der Waals surface area contributed by atoms with Gasteiger partial charge in [0.2, 0.25) is 5.91 Å². The molecule has 31 heavy (non-hydrogen) atoms. The van der Waals surface area contributed by atoms with E-state index in [0.717, 1.165) is 12.8 Å². The SMILES string of the molecule is NC(=O)C1(c2cc3c(cc2F)CN(c2cccc(-c4ncn(C5CC5)n4)n2)C3=O)CC1. The molecule has 2 amide bonds. The number of amides is 2. The van der Waals surface area contributed by atoms with Crippen LogP contribution < -0.4 is 10.6 Å². The van der Waals surface area contributed by atoms with Crippen molar-refractivity contribution in [1.82, 2.24) is 19.7 Å². The lowest BCUT2D eigenvalue weighted by Gasteiger charge is -2.15. The number of carbonyl (C=O) groups excluding carboxylic acids is 2. The molecule has 3 heterocycles. The summed E-state index contributed by atoms with van der Waals surface area (Å²) in [6.07, 6.45) is 4.91. The second-order valence-corrected chi connectivity index (χ2v) is 8.49. The molecule has 2 aliphatic carbocycles. The van der Waals surface area contributed by atoms with Crippen molar-refractivity contribution in [2.45, 2.75) is 43.7 Å². The average molecular weight is 418 g/mol. The minimum absolute atomic E-state index is 0.204. The van der Waals surface area contributed by atoms with Gasteiger partial charge in [0, 0.05) is 11.1 Å². The van der Waals surface area contributed by atoms with E-state index in [-0.39, 0.29) is 18.0 Å². The van der Waals surface area contributed by atoms with Crippen LogP contribution in [0.4, 0.5) is 10.2 Å². The Morgan fingerprint density at radius 3 is 2.74 bits per heavy atom. The molecule has 0 spiro atoms. The number of nitrogens with two attached hydrogens (primary N) is 1. The molecule has 9 heteroatoms. The predicted molar refractivity (Wildman–Crippen MR) is 109 cm³/mol. The van der Waals surface area contributed by atoms with Crippen LogP contribution in [0.2, 0.25) is 0 Å². The average Bonchev–Trinajstić information content (AvgIpc) is 3.69. The zero-order valence-corrected chi connectivity index (χ0v) is 16.6. The molecular formula is C22H19FN6O2. The van der Waals surface area contributed by atoms with Gasteiger partial charge in [-0.2, -0.15) is 0 Å². The standard InChI is InChI=1S/C22H19FN6O2/c23-16-8-12-10-28(20(30)14(12)9-15(16)22(6-7-22)21(24)31)18-3-1-2-17(26-18)19-25-11-29(27-19)13-4-5-13/h1-3,8-9,11,13H,4-7,10H2,(H2,24,31). The Morgan fingerprint density at radius 1 is 1.23 bits per heavy atom. The van der Waals surface area contributed by atoms with Gasteiger partial charge >= 0.3 is 0 Å². The van der Waals surface area contributed by atoms with Gasteiger partial charge in [-0.3, -0.25) is 14.5 Å². The second-order valence-electron chi connectivity index (χ2n) is 8.49. The highest BCUT2D eigenvalue weighted by Crippen LogP contribution is 2.49. The van der Waals surface area contributed by atoms with E-state index in [2.05, 4.69) is 15.1 Å². The number of primary amides is 1. The maximum Gasteiger partial charge on any atom is 0.260 e. The Kier molecular flexibility index (Phi) is 3.63. The molecule has 156 valence electrons. The monoisotopic (exact) mass is 418 g/mol. The summed E-state index contributed by atoms with van der Waals surface area (Å²) in [4.78, 5) is 35.4. The van der Waals surface area contributed by atoms with Crippen molar-refractivity contribution < 1.29 is 14.0 Å². The zero-order chi connectivity index (χ0) is 21.3. The van der Waals surface area contributed by atoms with Gasteiger partial charge in [-0.25, -0.2) is 19.0 Å². The van der Waals surface area contributed by atoms with Gasteiger partial charge in [0.05, 0.1) is 18.0 Å². The summed E-state index contributed by atoms with van der Waals surface area (Å²) < 4.78 is 16.6. The smallest absolute Gasteiger partial charge is 0.260 e. The van der Waals surface area contributed by atoms with E-state index in [0.29, 0.717) is 47.3 Å². The molecule has 6 rings (SSSR count). The first kappa shape index (κ1) is 18.2. The fourth-order valence-corrected chi connectivity index (χ4v) is 4.26. The van der Waals surface area contributed by atoms with Gasteiger partial charge in [0.25, 0.3) is 5.91 Å². The molecule has 0 radical (unpaired) electrons. The maximum absolute atomic E-state index is 14.8. The normalized spacial score (nSPS) is 18.9. The zero-order valence-electron chi connectivity index (χ0n) is 16.6. The number of hydrogen-bond acceptors (Lipinski definition) is 5. The summed E-state index contributed by atoms with van der Waals surface area (Å²) in [6.45, 7) is 0.204. The summed E-state index contributed by atoms with van der Waals surface area (Å²) in [5.74, 6) is -0.386. The lowest BCUT2D eigenvalue weighted by Crippen LogP contribution is -2.29. The van der Waals surface area contributed by atoms with Crippen molar-refractivity contribution in [1.29, 1.82) is 0 Å². The van der Waals surface area contributed by atoms with Crippen LogP contribution in [0.25, 0.3) is 11.5 Å². The summed E-state index contributed by atoms with van der Waals surface area (Å²) in [7, 11) is 0. The van der Waals surface area contributed by atoms with E-state index >= 15 is 0 Å². The third kappa shape index (κ3) is 2.76. The first-order valence-electron chi connectivity index (χ1n) is 10.3. The van der Waals surface area contributed by atoms with Gasteiger partial charge in [0.1, 0.15) is 23.7 Å². The van der Waals surface area contributed by atoms with Crippen LogP contribution in [0.5, 0.6) is 0 Å². The Morgan fingerprint density at radius 2 is 2.03 bits per heavy atom. The topological polar surface area (TPSA) is 107 Å². The largest absolute Gasteiger partial charge is 0.369 e. The molecule has 1 aliphatic heterocycles. The fraction of sp³-hybridized carbons (Fsp3) is 0.318. The number of pyridine rings is 1. The molecule has 3 aromatic rings. The number of aromatic nitrogens is 4. The minimum atomic E-state index is -0.989. The lowest BCUT2D eigenvalue weighted by molar-refractivity contribution is -0.120. The van der Waals surface area contributed by atoms with Gasteiger partial charge < -0.3 is 5.73 Å². The Balaban J connectivity index is 1.33. The molecule has 0 atom stereocenters. The quantitative estimate of drug-likeness (QED) is 0.685. The second kappa shape index (κ2) is 6.19. The van der Waals surface area contributed by atoms with Gasteiger partial charge in [-0.15, -0.1) is 5.10 Å². The predicted octanol–water partition coefficient (Wildman–Crippen LogP) is 2.49. The van der Waals surface area contributed by atoms with Crippen LogP contribution in [0.15, 0.2) is 36.7 Å². The van der Waals surface area contributed by atoms with Gasteiger partial charge in [-0.1, -0.05) is 6.07 Å². The summed E-state index contributed by atoms with van der Waals surface area (Å²) in [6, 6.07) is 8.57. The first-order valence-corrected chi connectivity index (χ1v) is 10.3. The van der Waals surface area contributed by atoms with Crippen LogP contribution in [-0.2, 0) is 16.8 Å². The molecular weight excluding hydrogens is 399 g/mol. The molecule has 8 nitrogen and oxygen atoms in total. The van der Waals surface area contributed by atoms with Crippen LogP contribution in [-0.4, -0.2) is 31.6 Å². The maximum atomic E-state index is 14.8. The van der Waals surface area contributed by atoms with Crippen LogP contribution >= 0.6 is 0 Å². The summed E-state index contributed by atoms with van der Waals surface area (Å²) >= 11 is 0.